The molecule has 1 rings (SSSR count). The highest BCUT2D eigenvalue weighted by Gasteiger charge is 2.20. The molecule has 0 amide bonds. The fraction of sp³-hybridized carbons (Fsp3) is 0.750. The number of halogens is 1. The third kappa shape index (κ3) is 1.06. The molecular weight excluding hydrogens is 112 g/mol. The van der Waals surface area contributed by atoms with Crippen molar-refractivity contribution in [1.82, 2.24) is 5.32 Å². The Morgan fingerprint density at radius 1 is 2.00 bits per heavy atom. The van der Waals surface area contributed by atoms with E-state index in [9.17, 15) is 0 Å². The summed E-state index contributed by atoms with van der Waals surface area (Å²) in [6.45, 7) is 2.57. The molecule has 0 saturated carbocycles. The van der Waals surface area contributed by atoms with Crippen LogP contribution in [-0.4, -0.2) is 17.9 Å². The van der Waals surface area contributed by atoms with E-state index in [-0.39, 0.29) is 5.00 Å². The Hall–Kier alpha value is -0.240. The van der Waals surface area contributed by atoms with E-state index in [1.54, 1.807) is 6.34 Å². The summed E-state index contributed by atoms with van der Waals surface area (Å²) in [6.07, 6.45) is 1.63. The summed E-state index contributed by atoms with van der Waals surface area (Å²) in [5.41, 5.74) is 0. The molecule has 1 aliphatic heterocycles. The minimum Gasteiger partial charge on any atom is -0.357 e. The van der Waals surface area contributed by atoms with Crippen LogP contribution in [0.15, 0.2) is 4.99 Å². The van der Waals surface area contributed by atoms with Gasteiger partial charge in [-0.15, -0.1) is 0 Å². The first kappa shape index (κ1) is 4.91. The molecule has 1 heterocycles. The zero-order valence-electron chi connectivity index (χ0n) is 4.11. The van der Waals surface area contributed by atoms with Gasteiger partial charge in [-0.3, -0.25) is 4.99 Å². The number of nitrogens with one attached hydrogen (secondary N) is 1. The Balaban J connectivity index is 2.49. The lowest BCUT2D eigenvalue weighted by Crippen LogP contribution is -2.32. The van der Waals surface area contributed by atoms with E-state index in [0.29, 0.717) is 6.54 Å². The number of alkyl halides is 1. The molecule has 0 bridgehead atoms. The van der Waals surface area contributed by atoms with E-state index in [2.05, 4.69) is 10.3 Å². The molecule has 1 unspecified atom stereocenters. The van der Waals surface area contributed by atoms with Gasteiger partial charge in [0.05, 0.1) is 12.9 Å². The molecule has 0 fully saturated rings. The highest BCUT2D eigenvalue weighted by Crippen LogP contribution is 2.11. The van der Waals surface area contributed by atoms with Gasteiger partial charge in [-0.1, -0.05) is 11.6 Å². The minimum absolute atomic E-state index is 0.306. The second-order valence-corrected chi connectivity index (χ2v) is 2.65. The molecule has 1 N–H and O–H groups in total. The van der Waals surface area contributed by atoms with Gasteiger partial charge in [0.25, 0.3) is 0 Å². The predicted octanol–water partition coefficient (Wildman–Crippen LogP) is 0.573. The van der Waals surface area contributed by atoms with Crippen LogP contribution < -0.4 is 5.32 Å². The summed E-state index contributed by atoms with van der Waals surface area (Å²) in [6, 6.07) is 0. The lowest BCUT2D eigenvalue weighted by molar-refractivity contribution is 0.649. The van der Waals surface area contributed by atoms with Crippen LogP contribution in [0.5, 0.6) is 0 Å². The molecule has 1 atom stereocenters. The fourth-order valence-electron chi connectivity index (χ4n) is 0.443. The number of hydrogen-bond acceptors (Lipinski definition) is 2. The van der Waals surface area contributed by atoms with Gasteiger partial charge >= 0.3 is 0 Å². The van der Waals surface area contributed by atoms with Gasteiger partial charge in [-0.25, -0.2) is 0 Å². The minimum atomic E-state index is -0.306. The van der Waals surface area contributed by atoms with Crippen molar-refractivity contribution in [3.63, 3.8) is 0 Å². The Morgan fingerprint density at radius 3 is 2.86 bits per heavy atom. The molecule has 40 valence electrons. The van der Waals surface area contributed by atoms with Crippen LogP contribution in [0, 0.1) is 0 Å². The lowest BCUT2D eigenvalue weighted by atomic mass is 10.4. The second kappa shape index (κ2) is 1.37. The highest BCUT2D eigenvalue weighted by molar-refractivity contribution is 6.24. The van der Waals surface area contributed by atoms with Crippen LogP contribution in [0.3, 0.4) is 0 Å². The van der Waals surface area contributed by atoms with Gasteiger partial charge in [-0.2, -0.15) is 0 Å². The van der Waals surface area contributed by atoms with E-state index in [1.165, 1.54) is 0 Å². The van der Waals surface area contributed by atoms with Gasteiger partial charge in [-0.05, 0) is 6.92 Å². The molecule has 0 aromatic heterocycles. The fourth-order valence-corrected chi connectivity index (χ4v) is 0.561. The van der Waals surface area contributed by atoms with Gasteiger partial charge in [0.1, 0.15) is 5.00 Å². The highest BCUT2D eigenvalue weighted by atomic mass is 35.5. The summed E-state index contributed by atoms with van der Waals surface area (Å²) < 4.78 is 0. The standard InChI is InChI=1S/C4H7ClN2/c1-4(5)2-6-3-7-4/h3H,2H2,1H3,(H,6,7). The quantitative estimate of drug-likeness (QED) is 0.365. The number of aliphatic imine (C=N–C) groups is 1. The second-order valence-electron chi connectivity index (χ2n) is 1.81. The number of nitrogens with zero attached hydrogens (tertiary/aromatic N) is 1. The molecule has 0 saturated heterocycles. The van der Waals surface area contributed by atoms with Crippen LogP contribution in [0.1, 0.15) is 6.92 Å². The summed E-state index contributed by atoms with van der Waals surface area (Å²) in [5.74, 6) is 0. The van der Waals surface area contributed by atoms with E-state index < -0.39 is 0 Å². The first-order valence-electron chi connectivity index (χ1n) is 2.16. The molecule has 0 aromatic rings. The summed E-state index contributed by atoms with van der Waals surface area (Å²) in [7, 11) is 0. The largest absolute Gasteiger partial charge is 0.357 e. The van der Waals surface area contributed by atoms with Crippen LogP contribution in [0.2, 0.25) is 0 Å². The summed E-state index contributed by atoms with van der Waals surface area (Å²) in [5, 5.41) is 2.87. The normalized spacial score (nSPS) is 38.6. The number of rotatable bonds is 0. The van der Waals surface area contributed by atoms with E-state index in [1.807, 2.05) is 6.92 Å². The third-order valence-electron chi connectivity index (χ3n) is 0.845. The summed E-state index contributed by atoms with van der Waals surface area (Å²) >= 11 is 5.73. The third-order valence-corrected chi connectivity index (χ3v) is 1.07. The topological polar surface area (TPSA) is 24.4 Å². The zero-order valence-corrected chi connectivity index (χ0v) is 4.87. The molecule has 7 heavy (non-hydrogen) atoms. The van der Waals surface area contributed by atoms with Crippen molar-refractivity contribution in [1.29, 1.82) is 0 Å². The first-order valence-corrected chi connectivity index (χ1v) is 2.53. The van der Waals surface area contributed by atoms with E-state index in [4.69, 9.17) is 11.6 Å². The molecule has 2 nitrogen and oxygen atoms in total. The molecule has 1 aliphatic rings. The van der Waals surface area contributed by atoms with Crippen molar-refractivity contribution in [2.45, 2.75) is 11.9 Å². The van der Waals surface area contributed by atoms with Crippen LogP contribution in [0.4, 0.5) is 0 Å². The van der Waals surface area contributed by atoms with Crippen molar-refractivity contribution >= 4 is 17.9 Å². The lowest BCUT2D eigenvalue weighted by Gasteiger charge is -2.11. The maximum absolute atomic E-state index is 5.73. The molecule has 0 aromatic carbocycles. The Labute approximate surface area is 47.6 Å². The SMILES string of the molecule is CC1(Cl)CN=CN1. The van der Waals surface area contributed by atoms with Crippen molar-refractivity contribution in [3.05, 3.63) is 0 Å². The average molecular weight is 119 g/mol. The maximum atomic E-state index is 5.73. The van der Waals surface area contributed by atoms with Crippen LogP contribution in [-0.2, 0) is 0 Å². The summed E-state index contributed by atoms with van der Waals surface area (Å²) in [4.78, 5) is 3.56. The Bertz CT molecular complexity index is 87.9. The maximum Gasteiger partial charge on any atom is 0.130 e. The van der Waals surface area contributed by atoms with Gasteiger partial charge in [0, 0.05) is 0 Å². The van der Waals surface area contributed by atoms with Crippen molar-refractivity contribution in [3.8, 4) is 0 Å². The van der Waals surface area contributed by atoms with Gasteiger partial charge in [0.15, 0.2) is 0 Å². The Kier molecular flexibility index (Phi) is 0.961. The van der Waals surface area contributed by atoms with Crippen LogP contribution >= 0.6 is 11.6 Å². The van der Waals surface area contributed by atoms with Gasteiger partial charge < -0.3 is 5.32 Å². The molecule has 0 radical (unpaired) electrons. The smallest absolute Gasteiger partial charge is 0.130 e. The van der Waals surface area contributed by atoms with Gasteiger partial charge in [0.2, 0.25) is 0 Å². The molecule has 0 aliphatic carbocycles. The van der Waals surface area contributed by atoms with Crippen molar-refractivity contribution in [2.75, 3.05) is 6.54 Å². The molecule has 3 heteroatoms. The van der Waals surface area contributed by atoms with Crippen molar-refractivity contribution < 1.29 is 0 Å². The zero-order chi connectivity index (χ0) is 5.33. The first-order chi connectivity index (χ1) is 3.21. The Morgan fingerprint density at radius 2 is 2.71 bits per heavy atom. The monoisotopic (exact) mass is 118 g/mol. The predicted molar refractivity (Wildman–Crippen MR) is 30.8 cm³/mol. The molecular formula is C4H7ClN2. The molecule has 0 spiro atoms. The van der Waals surface area contributed by atoms with E-state index in [0.717, 1.165) is 0 Å². The van der Waals surface area contributed by atoms with E-state index >= 15 is 0 Å². The van der Waals surface area contributed by atoms with Crippen LogP contribution in [0.25, 0.3) is 0 Å². The van der Waals surface area contributed by atoms with Crippen molar-refractivity contribution in [2.24, 2.45) is 4.99 Å². The average Bonchev–Trinajstić information content (AvgIpc) is 1.84. The number of hydrogen-bond donors (Lipinski definition) is 1.